The first kappa shape index (κ1) is 10.6. The van der Waals surface area contributed by atoms with Gasteiger partial charge in [0.2, 0.25) is 0 Å². The van der Waals surface area contributed by atoms with Gasteiger partial charge in [0.15, 0.2) is 0 Å². The summed E-state index contributed by atoms with van der Waals surface area (Å²) in [6.07, 6.45) is 1.19. The number of aromatic nitrogens is 1. The first-order valence-corrected chi connectivity index (χ1v) is 6.60. The van der Waals surface area contributed by atoms with Crippen LogP contribution in [0, 0.1) is 0 Å². The summed E-state index contributed by atoms with van der Waals surface area (Å²) in [6.45, 7) is 2.16. The Balaban J connectivity index is 2.14. The maximum Gasteiger partial charge on any atom is 0.0482 e. The van der Waals surface area contributed by atoms with E-state index in [1.54, 1.807) is 0 Å². The van der Waals surface area contributed by atoms with E-state index in [9.17, 15) is 0 Å². The molecule has 2 heterocycles. The number of hydrogen-bond donors (Lipinski definition) is 2. The Hall–Kier alpha value is -0.510. The van der Waals surface area contributed by atoms with Crippen molar-refractivity contribution in [2.75, 3.05) is 13.1 Å². The van der Waals surface area contributed by atoms with Gasteiger partial charge < -0.3 is 10.3 Å². The molecule has 1 aromatic heterocycles. The lowest BCUT2D eigenvalue weighted by molar-refractivity contribution is 0.740. The molecule has 0 saturated carbocycles. The summed E-state index contributed by atoms with van der Waals surface area (Å²) in [7, 11) is 0. The molecule has 0 spiro atoms. The third-order valence-corrected chi connectivity index (χ3v) is 4.28. The molecule has 2 N–H and O–H groups in total. The van der Waals surface area contributed by atoms with Gasteiger partial charge in [0.05, 0.1) is 0 Å². The van der Waals surface area contributed by atoms with Gasteiger partial charge >= 0.3 is 0 Å². The van der Waals surface area contributed by atoms with E-state index in [0.717, 1.165) is 23.6 Å². The number of aromatic amines is 1. The van der Waals surface area contributed by atoms with Crippen LogP contribution in [-0.4, -0.2) is 18.1 Å². The molecule has 84 valence electrons. The quantitative estimate of drug-likeness (QED) is 0.826. The van der Waals surface area contributed by atoms with E-state index in [1.165, 1.54) is 22.0 Å². The third kappa shape index (κ3) is 1.67. The zero-order valence-corrected chi connectivity index (χ0v) is 11.0. The van der Waals surface area contributed by atoms with Crippen LogP contribution in [0.4, 0.5) is 0 Å². The van der Waals surface area contributed by atoms with Crippen molar-refractivity contribution in [2.45, 2.75) is 12.3 Å². The van der Waals surface area contributed by atoms with E-state index in [-0.39, 0.29) is 0 Å². The highest BCUT2D eigenvalue weighted by atomic mass is 79.9. The number of fused-ring (bicyclic) bond motifs is 1. The van der Waals surface area contributed by atoms with Crippen molar-refractivity contribution in [3.05, 3.63) is 33.4 Å². The monoisotopic (exact) mass is 298 g/mol. The Kier molecular flexibility index (Phi) is 2.70. The fraction of sp³-hybridized carbons (Fsp3) is 0.333. The third-order valence-electron chi connectivity index (χ3n) is 3.19. The summed E-state index contributed by atoms with van der Waals surface area (Å²) in [5.74, 6) is 0.584. The SMILES string of the molecule is Clc1ccc2c(Br)c(C3CCNC3)[nH]c2c1. The van der Waals surface area contributed by atoms with Crippen molar-refractivity contribution in [3.63, 3.8) is 0 Å². The van der Waals surface area contributed by atoms with E-state index in [4.69, 9.17) is 11.6 Å². The van der Waals surface area contributed by atoms with Crippen LogP contribution in [0.15, 0.2) is 22.7 Å². The molecule has 2 aromatic rings. The normalized spacial score (nSPS) is 20.8. The average Bonchev–Trinajstić information content (AvgIpc) is 2.86. The minimum atomic E-state index is 0.584. The second-order valence-corrected chi connectivity index (χ2v) is 5.46. The van der Waals surface area contributed by atoms with Gasteiger partial charge in [0.1, 0.15) is 0 Å². The smallest absolute Gasteiger partial charge is 0.0482 e. The van der Waals surface area contributed by atoms with E-state index < -0.39 is 0 Å². The highest BCUT2D eigenvalue weighted by molar-refractivity contribution is 9.10. The highest BCUT2D eigenvalue weighted by Gasteiger charge is 2.21. The topological polar surface area (TPSA) is 27.8 Å². The average molecular weight is 300 g/mol. The first-order valence-electron chi connectivity index (χ1n) is 5.43. The molecule has 16 heavy (non-hydrogen) atoms. The van der Waals surface area contributed by atoms with Gasteiger partial charge in [0, 0.05) is 38.6 Å². The van der Waals surface area contributed by atoms with Crippen LogP contribution in [0.2, 0.25) is 5.02 Å². The molecule has 0 amide bonds. The van der Waals surface area contributed by atoms with Crippen molar-refractivity contribution in [1.82, 2.24) is 10.3 Å². The van der Waals surface area contributed by atoms with E-state index in [0.29, 0.717) is 5.92 Å². The van der Waals surface area contributed by atoms with Gasteiger partial charge in [0.25, 0.3) is 0 Å². The molecule has 0 radical (unpaired) electrons. The number of rotatable bonds is 1. The molecule has 3 rings (SSSR count). The molecule has 2 nitrogen and oxygen atoms in total. The highest BCUT2D eigenvalue weighted by Crippen LogP contribution is 2.35. The second kappa shape index (κ2) is 4.06. The summed E-state index contributed by atoms with van der Waals surface area (Å²) in [6, 6.07) is 5.97. The Bertz CT molecular complexity index is 529. The van der Waals surface area contributed by atoms with Crippen molar-refractivity contribution >= 4 is 38.4 Å². The Morgan fingerprint density at radius 2 is 2.25 bits per heavy atom. The molecule has 1 unspecified atom stereocenters. The molecule has 1 saturated heterocycles. The molecule has 1 fully saturated rings. The van der Waals surface area contributed by atoms with Crippen LogP contribution < -0.4 is 5.32 Å². The molecule has 0 bridgehead atoms. The van der Waals surface area contributed by atoms with Crippen LogP contribution in [0.25, 0.3) is 10.9 Å². The largest absolute Gasteiger partial charge is 0.357 e. The minimum absolute atomic E-state index is 0.584. The second-order valence-electron chi connectivity index (χ2n) is 4.23. The lowest BCUT2D eigenvalue weighted by atomic mass is 10.1. The summed E-state index contributed by atoms with van der Waals surface area (Å²) >= 11 is 9.68. The van der Waals surface area contributed by atoms with Crippen LogP contribution in [0.1, 0.15) is 18.0 Å². The van der Waals surface area contributed by atoms with E-state index >= 15 is 0 Å². The van der Waals surface area contributed by atoms with E-state index in [1.807, 2.05) is 12.1 Å². The Labute approximate surface area is 107 Å². The lowest BCUT2D eigenvalue weighted by Crippen LogP contribution is -2.08. The number of nitrogens with one attached hydrogen (secondary N) is 2. The van der Waals surface area contributed by atoms with Crippen molar-refractivity contribution < 1.29 is 0 Å². The maximum atomic E-state index is 5.99. The van der Waals surface area contributed by atoms with Gasteiger partial charge in [-0.3, -0.25) is 0 Å². The predicted octanol–water partition coefficient (Wildman–Crippen LogP) is 3.66. The summed E-state index contributed by atoms with van der Waals surface area (Å²) in [4.78, 5) is 3.48. The van der Waals surface area contributed by atoms with Crippen LogP contribution in [0.5, 0.6) is 0 Å². The fourth-order valence-corrected chi connectivity index (χ4v) is 3.28. The van der Waals surface area contributed by atoms with Gasteiger partial charge in [-0.2, -0.15) is 0 Å². The molecule has 1 aliphatic heterocycles. The zero-order chi connectivity index (χ0) is 11.1. The molecule has 1 atom stereocenters. The molecule has 0 aliphatic carbocycles. The maximum absolute atomic E-state index is 5.99. The van der Waals surface area contributed by atoms with E-state index in [2.05, 4.69) is 32.3 Å². The Morgan fingerprint density at radius 1 is 1.38 bits per heavy atom. The molecule has 1 aromatic carbocycles. The van der Waals surface area contributed by atoms with Crippen molar-refractivity contribution in [1.29, 1.82) is 0 Å². The molecular formula is C12H12BrClN2. The predicted molar refractivity (Wildman–Crippen MR) is 71.2 cm³/mol. The Morgan fingerprint density at radius 3 is 3.00 bits per heavy atom. The number of halogens is 2. The van der Waals surface area contributed by atoms with Gasteiger partial charge in [-0.1, -0.05) is 17.7 Å². The summed E-state index contributed by atoms with van der Waals surface area (Å²) in [5, 5.41) is 5.38. The number of hydrogen-bond acceptors (Lipinski definition) is 1. The zero-order valence-electron chi connectivity index (χ0n) is 8.69. The minimum Gasteiger partial charge on any atom is -0.357 e. The molecular weight excluding hydrogens is 288 g/mol. The van der Waals surface area contributed by atoms with Gasteiger partial charge in [-0.15, -0.1) is 0 Å². The van der Waals surface area contributed by atoms with Crippen LogP contribution in [0.3, 0.4) is 0 Å². The van der Waals surface area contributed by atoms with Crippen molar-refractivity contribution in [3.8, 4) is 0 Å². The molecule has 1 aliphatic rings. The van der Waals surface area contributed by atoms with Crippen LogP contribution >= 0.6 is 27.5 Å². The molecule has 4 heteroatoms. The summed E-state index contributed by atoms with van der Waals surface area (Å²) < 4.78 is 1.19. The lowest BCUT2D eigenvalue weighted by Gasteiger charge is -2.05. The fourth-order valence-electron chi connectivity index (χ4n) is 2.34. The van der Waals surface area contributed by atoms with Crippen LogP contribution in [-0.2, 0) is 0 Å². The summed E-state index contributed by atoms with van der Waals surface area (Å²) in [5.41, 5.74) is 2.41. The first-order chi connectivity index (χ1) is 7.75. The van der Waals surface area contributed by atoms with Gasteiger partial charge in [-0.05, 0) is 41.0 Å². The van der Waals surface area contributed by atoms with Gasteiger partial charge in [-0.25, -0.2) is 0 Å². The standard InChI is InChI=1S/C12H12BrClN2/c13-11-9-2-1-8(14)5-10(9)16-12(11)7-3-4-15-6-7/h1-2,5,7,15-16H,3-4,6H2. The number of H-pyrrole nitrogens is 1. The number of benzene rings is 1. The van der Waals surface area contributed by atoms with Crippen molar-refractivity contribution in [2.24, 2.45) is 0 Å².